The normalized spacial score (nSPS) is 12.6. The van der Waals surface area contributed by atoms with Gasteiger partial charge in [-0.25, -0.2) is 4.98 Å². The van der Waals surface area contributed by atoms with Crippen molar-refractivity contribution in [2.45, 2.75) is 19.4 Å². The van der Waals surface area contributed by atoms with E-state index >= 15 is 0 Å². The van der Waals surface area contributed by atoms with Gasteiger partial charge in [-0.05, 0) is 6.42 Å². The minimum atomic E-state index is 0.179. The van der Waals surface area contributed by atoms with Gasteiger partial charge in [-0.2, -0.15) is 0 Å². The van der Waals surface area contributed by atoms with Crippen molar-refractivity contribution in [1.82, 2.24) is 20.2 Å². The number of hydrogen-bond acceptors (Lipinski definition) is 5. The molecule has 0 aliphatic heterocycles. The van der Waals surface area contributed by atoms with Gasteiger partial charge in [0.25, 0.3) is 0 Å². The van der Waals surface area contributed by atoms with Crippen LogP contribution in [-0.4, -0.2) is 20.2 Å². The fraction of sp³-hybridized carbons (Fsp3) is 0.375. The third-order valence-electron chi connectivity index (χ3n) is 1.92. The molecule has 0 saturated carbocycles. The molecule has 0 radical (unpaired) electrons. The molecule has 0 aliphatic rings. The Hall–Kier alpha value is -1.43. The van der Waals surface area contributed by atoms with E-state index in [2.05, 4.69) is 32.4 Å². The fourth-order valence-corrected chi connectivity index (χ4v) is 1.72. The minimum Gasteiger partial charge on any atom is -0.350 e. The summed E-state index contributed by atoms with van der Waals surface area (Å²) in [7, 11) is 0. The molecule has 14 heavy (non-hydrogen) atoms. The highest BCUT2D eigenvalue weighted by Crippen LogP contribution is 2.19. The number of nitrogens with zero attached hydrogens (tertiary/aromatic N) is 3. The summed E-state index contributed by atoms with van der Waals surface area (Å²) in [6.07, 6.45) is 4.52. The summed E-state index contributed by atoms with van der Waals surface area (Å²) in [4.78, 5) is 7.29. The van der Waals surface area contributed by atoms with E-state index in [1.807, 2.05) is 6.20 Å². The summed E-state index contributed by atoms with van der Waals surface area (Å²) in [6, 6.07) is 0.179. The molecular formula is C8H11N5S. The molecule has 1 unspecified atom stereocenters. The van der Waals surface area contributed by atoms with Gasteiger partial charge in [0.2, 0.25) is 5.13 Å². The molecule has 6 heteroatoms. The van der Waals surface area contributed by atoms with Gasteiger partial charge in [0.15, 0.2) is 0 Å². The number of aromatic nitrogens is 4. The lowest BCUT2D eigenvalue weighted by Gasteiger charge is -2.12. The van der Waals surface area contributed by atoms with Crippen molar-refractivity contribution in [3.05, 3.63) is 23.7 Å². The first-order valence-corrected chi connectivity index (χ1v) is 5.30. The van der Waals surface area contributed by atoms with Crippen LogP contribution in [0, 0.1) is 0 Å². The maximum atomic E-state index is 4.21. The zero-order valence-electron chi connectivity index (χ0n) is 7.77. The van der Waals surface area contributed by atoms with Crippen LogP contribution in [0.3, 0.4) is 0 Å². The van der Waals surface area contributed by atoms with E-state index in [0.717, 1.165) is 17.4 Å². The van der Waals surface area contributed by atoms with E-state index < -0.39 is 0 Å². The summed E-state index contributed by atoms with van der Waals surface area (Å²) in [6.45, 7) is 2.10. The van der Waals surface area contributed by atoms with Crippen LogP contribution in [0.15, 0.2) is 17.9 Å². The first kappa shape index (κ1) is 9.14. The van der Waals surface area contributed by atoms with Crippen molar-refractivity contribution in [3.8, 4) is 0 Å². The molecule has 0 spiro atoms. The largest absolute Gasteiger partial charge is 0.350 e. The monoisotopic (exact) mass is 209 g/mol. The number of H-pyrrole nitrogens is 1. The van der Waals surface area contributed by atoms with Crippen LogP contribution in [-0.2, 0) is 0 Å². The average molecular weight is 209 g/mol. The Morgan fingerprint density at radius 2 is 2.57 bits per heavy atom. The third-order valence-corrected chi connectivity index (χ3v) is 2.54. The second-order valence-electron chi connectivity index (χ2n) is 2.82. The Balaban J connectivity index is 2.08. The van der Waals surface area contributed by atoms with Crippen molar-refractivity contribution < 1.29 is 0 Å². The Morgan fingerprint density at radius 1 is 1.64 bits per heavy atom. The Labute approximate surface area is 85.6 Å². The van der Waals surface area contributed by atoms with Gasteiger partial charge in [-0.1, -0.05) is 18.3 Å². The second-order valence-corrected chi connectivity index (χ2v) is 3.66. The highest BCUT2D eigenvalue weighted by atomic mass is 32.1. The van der Waals surface area contributed by atoms with Gasteiger partial charge >= 0.3 is 0 Å². The van der Waals surface area contributed by atoms with Crippen LogP contribution in [0.1, 0.15) is 25.2 Å². The van der Waals surface area contributed by atoms with Crippen molar-refractivity contribution >= 4 is 16.5 Å². The molecule has 1 atom stereocenters. The van der Waals surface area contributed by atoms with Gasteiger partial charge < -0.3 is 10.3 Å². The molecule has 0 aliphatic carbocycles. The number of anilines is 1. The van der Waals surface area contributed by atoms with Gasteiger partial charge in [0, 0.05) is 12.4 Å². The van der Waals surface area contributed by atoms with E-state index in [1.165, 1.54) is 11.3 Å². The number of aromatic amines is 1. The molecule has 0 fully saturated rings. The summed E-state index contributed by atoms with van der Waals surface area (Å²) in [5.74, 6) is 0.933. The summed E-state index contributed by atoms with van der Waals surface area (Å²) < 4.78 is 0. The summed E-state index contributed by atoms with van der Waals surface area (Å²) >= 11 is 1.49. The van der Waals surface area contributed by atoms with Gasteiger partial charge in [-0.15, -0.1) is 10.2 Å². The average Bonchev–Trinajstić information content (AvgIpc) is 2.86. The lowest BCUT2D eigenvalue weighted by atomic mass is 10.2. The lowest BCUT2D eigenvalue weighted by Crippen LogP contribution is -2.11. The van der Waals surface area contributed by atoms with Gasteiger partial charge in [0.1, 0.15) is 11.3 Å². The van der Waals surface area contributed by atoms with Gasteiger partial charge in [-0.3, -0.25) is 0 Å². The molecular weight excluding hydrogens is 198 g/mol. The Morgan fingerprint density at radius 3 is 3.14 bits per heavy atom. The molecule has 0 amide bonds. The van der Waals surface area contributed by atoms with Crippen LogP contribution in [0.4, 0.5) is 5.13 Å². The maximum absolute atomic E-state index is 4.21. The molecule has 2 rings (SSSR count). The van der Waals surface area contributed by atoms with Crippen molar-refractivity contribution in [2.24, 2.45) is 0 Å². The van der Waals surface area contributed by atoms with E-state index in [-0.39, 0.29) is 6.04 Å². The number of imidazole rings is 1. The van der Waals surface area contributed by atoms with Gasteiger partial charge in [0.05, 0.1) is 6.04 Å². The fourth-order valence-electron chi connectivity index (χ4n) is 1.22. The maximum Gasteiger partial charge on any atom is 0.206 e. The van der Waals surface area contributed by atoms with E-state index in [1.54, 1.807) is 11.7 Å². The first-order valence-electron chi connectivity index (χ1n) is 4.42. The van der Waals surface area contributed by atoms with E-state index in [9.17, 15) is 0 Å². The topological polar surface area (TPSA) is 66.5 Å². The van der Waals surface area contributed by atoms with Crippen LogP contribution in [0.5, 0.6) is 0 Å². The molecule has 2 N–H and O–H groups in total. The first-order chi connectivity index (χ1) is 6.90. The molecule has 0 saturated heterocycles. The molecule has 2 heterocycles. The van der Waals surface area contributed by atoms with Crippen molar-refractivity contribution in [3.63, 3.8) is 0 Å². The van der Waals surface area contributed by atoms with E-state index in [4.69, 9.17) is 0 Å². The molecule has 2 aromatic rings. The van der Waals surface area contributed by atoms with Crippen molar-refractivity contribution in [1.29, 1.82) is 0 Å². The molecule has 5 nitrogen and oxygen atoms in total. The zero-order chi connectivity index (χ0) is 9.80. The highest BCUT2D eigenvalue weighted by molar-refractivity contribution is 7.13. The molecule has 0 aromatic carbocycles. The zero-order valence-corrected chi connectivity index (χ0v) is 8.58. The minimum absolute atomic E-state index is 0.179. The number of nitrogens with one attached hydrogen (secondary N) is 2. The molecule has 0 bridgehead atoms. The number of hydrogen-bond donors (Lipinski definition) is 2. The smallest absolute Gasteiger partial charge is 0.206 e. The predicted molar refractivity (Wildman–Crippen MR) is 55.2 cm³/mol. The van der Waals surface area contributed by atoms with Crippen LogP contribution < -0.4 is 5.32 Å². The van der Waals surface area contributed by atoms with Crippen LogP contribution in [0.25, 0.3) is 0 Å². The van der Waals surface area contributed by atoms with Crippen molar-refractivity contribution in [2.75, 3.05) is 5.32 Å². The quantitative estimate of drug-likeness (QED) is 0.806. The predicted octanol–water partition coefficient (Wildman–Crippen LogP) is 1.82. The third kappa shape index (κ3) is 1.90. The summed E-state index contributed by atoms with van der Waals surface area (Å²) in [5, 5.41) is 11.8. The Bertz CT molecular complexity index is 355. The van der Waals surface area contributed by atoms with Crippen LogP contribution >= 0.6 is 11.3 Å². The Kier molecular flexibility index (Phi) is 2.73. The lowest BCUT2D eigenvalue weighted by molar-refractivity contribution is 0.701. The van der Waals surface area contributed by atoms with Crippen LogP contribution in [0.2, 0.25) is 0 Å². The second kappa shape index (κ2) is 4.19. The number of rotatable bonds is 4. The molecule has 2 aromatic heterocycles. The van der Waals surface area contributed by atoms with E-state index in [0.29, 0.717) is 0 Å². The highest BCUT2D eigenvalue weighted by Gasteiger charge is 2.12. The molecule has 74 valence electrons. The SMILES string of the molecule is CCC(Nc1nncs1)c1ncc[nH]1. The standard InChI is InChI=1S/C8H11N5S/c1-2-6(7-9-3-4-10-7)12-8-13-11-5-14-8/h3-6H,2H2,1H3,(H,9,10)(H,12,13). The summed E-state index contributed by atoms with van der Waals surface area (Å²) in [5.41, 5.74) is 1.71.